The van der Waals surface area contributed by atoms with E-state index in [1.165, 1.54) is 6.33 Å². The van der Waals surface area contributed by atoms with Crippen molar-refractivity contribution in [2.24, 2.45) is 4.99 Å². The topological polar surface area (TPSA) is 110 Å². The van der Waals surface area contributed by atoms with E-state index in [4.69, 9.17) is 4.74 Å². The molecule has 2 bridgehead atoms. The quantitative estimate of drug-likeness (QED) is 0.535. The van der Waals surface area contributed by atoms with Gasteiger partial charge in [-0.05, 0) is 51.1 Å². The van der Waals surface area contributed by atoms with Crippen LogP contribution >= 0.6 is 0 Å². The molecule has 0 atom stereocenters. The Hall–Kier alpha value is -3.66. The van der Waals surface area contributed by atoms with Gasteiger partial charge in [0.1, 0.15) is 23.5 Å². The van der Waals surface area contributed by atoms with Gasteiger partial charge in [0.15, 0.2) is 5.88 Å². The molecule has 3 heterocycles. The smallest absolute Gasteiger partial charge is 0.222 e. The van der Waals surface area contributed by atoms with Gasteiger partial charge in [0, 0.05) is 51.9 Å². The molecule has 0 aliphatic carbocycles. The fourth-order valence-electron chi connectivity index (χ4n) is 4.53. The third-order valence-electron chi connectivity index (χ3n) is 6.59. The molecule has 4 rings (SSSR count). The standard InChI is InChI=1S/C26H35N7O3/c1-31-11-6-5-8-22(34)32(2)12-7-13-33(3)25-23-20(26(35)30-24(23)28-17-29-25)15-27-19-9-10-21(36-4)18(14-19)16-31/h9-10,14-15,17,35H,5-8,11-13,16H2,1-4H3,(H,28,29,30). The Labute approximate surface area is 211 Å². The predicted molar refractivity (Wildman–Crippen MR) is 142 cm³/mol. The molecule has 0 saturated carbocycles. The third kappa shape index (κ3) is 5.76. The zero-order valence-corrected chi connectivity index (χ0v) is 21.5. The van der Waals surface area contributed by atoms with E-state index in [-0.39, 0.29) is 11.8 Å². The summed E-state index contributed by atoms with van der Waals surface area (Å²) < 4.78 is 5.58. The van der Waals surface area contributed by atoms with Gasteiger partial charge >= 0.3 is 0 Å². The van der Waals surface area contributed by atoms with Gasteiger partial charge in [-0.2, -0.15) is 0 Å². The highest BCUT2D eigenvalue weighted by atomic mass is 16.5. The maximum atomic E-state index is 12.6. The number of amides is 1. The van der Waals surface area contributed by atoms with Crippen LogP contribution < -0.4 is 9.64 Å². The molecule has 2 aromatic heterocycles. The van der Waals surface area contributed by atoms with Gasteiger partial charge in [-0.25, -0.2) is 9.97 Å². The van der Waals surface area contributed by atoms with E-state index in [0.29, 0.717) is 48.5 Å². The number of carbonyl (C=O) groups is 1. The van der Waals surface area contributed by atoms with E-state index >= 15 is 0 Å². The van der Waals surface area contributed by atoms with E-state index in [0.717, 1.165) is 42.8 Å². The minimum atomic E-state index is -0.00941. The zero-order valence-electron chi connectivity index (χ0n) is 21.5. The lowest BCUT2D eigenvalue weighted by molar-refractivity contribution is -0.130. The molecule has 1 amide bonds. The average molecular weight is 494 g/mol. The van der Waals surface area contributed by atoms with Crippen LogP contribution in [0.4, 0.5) is 11.5 Å². The largest absolute Gasteiger partial charge is 0.496 e. The molecule has 10 nitrogen and oxygen atoms in total. The number of aromatic hydroxyl groups is 1. The summed E-state index contributed by atoms with van der Waals surface area (Å²) in [5.41, 5.74) is 2.84. The molecule has 36 heavy (non-hydrogen) atoms. The predicted octanol–water partition coefficient (Wildman–Crippen LogP) is 3.32. The molecule has 1 aromatic carbocycles. The van der Waals surface area contributed by atoms with Crippen LogP contribution in [-0.4, -0.2) is 89.9 Å². The molecule has 0 unspecified atom stereocenters. The molecule has 0 radical (unpaired) electrons. The Morgan fingerprint density at radius 3 is 2.64 bits per heavy atom. The maximum absolute atomic E-state index is 12.6. The molecule has 0 fully saturated rings. The Morgan fingerprint density at radius 1 is 1.03 bits per heavy atom. The molecule has 0 saturated heterocycles. The highest BCUT2D eigenvalue weighted by molar-refractivity contribution is 6.06. The first kappa shape index (κ1) is 25.4. The number of hydrogen-bond donors (Lipinski definition) is 2. The van der Waals surface area contributed by atoms with Crippen LogP contribution in [-0.2, 0) is 11.3 Å². The summed E-state index contributed by atoms with van der Waals surface area (Å²) in [5.74, 6) is 1.65. The number of hydrogen-bond acceptors (Lipinski definition) is 8. The van der Waals surface area contributed by atoms with Gasteiger partial charge in [0.05, 0.1) is 23.7 Å². The van der Waals surface area contributed by atoms with Crippen LogP contribution in [0, 0.1) is 0 Å². The first-order chi connectivity index (χ1) is 17.4. The number of aromatic amines is 1. The minimum absolute atomic E-state index is 0.00941. The number of carbonyl (C=O) groups excluding carboxylic acids is 1. The fraction of sp³-hybridized carbons (Fsp3) is 0.462. The van der Waals surface area contributed by atoms with E-state index in [1.807, 2.05) is 42.1 Å². The summed E-state index contributed by atoms with van der Waals surface area (Å²) in [6.45, 7) is 2.93. The van der Waals surface area contributed by atoms with Gasteiger partial charge in [0.2, 0.25) is 5.91 Å². The van der Waals surface area contributed by atoms with E-state index in [1.54, 1.807) is 13.3 Å². The molecule has 1 aliphatic heterocycles. The first-order valence-electron chi connectivity index (χ1n) is 12.3. The van der Waals surface area contributed by atoms with Gasteiger partial charge in [-0.1, -0.05) is 0 Å². The van der Waals surface area contributed by atoms with Crippen molar-refractivity contribution in [2.75, 3.05) is 52.8 Å². The zero-order chi connectivity index (χ0) is 25.7. The summed E-state index contributed by atoms with van der Waals surface area (Å²) in [4.78, 5) is 35.0. The molecular formula is C26H35N7O3. The van der Waals surface area contributed by atoms with Crippen LogP contribution in [0.1, 0.15) is 36.8 Å². The normalized spacial score (nSPS) is 16.9. The second-order valence-corrected chi connectivity index (χ2v) is 9.35. The Morgan fingerprint density at radius 2 is 1.83 bits per heavy atom. The number of H-pyrrole nitrogens is 1. The van der Waals surface area contributed by atoms with E-state index in [2.05, 4.69) is 31.9 Å². The molecule has 2 N–H and O–H groups in total. The van der Waals surface area contributed by atoms with Crippen LogP contribution in [0.2, 0.25) is 0 Å². The van der Waals surface area contributed by atoms with Crippen molar-refractivity contribution in [2.45, 2.75) is 32.2 Å². The van der Waals surface area contributed by atoms with Crippen molar-refractivity contribution in [1.82, 2.24) is 24.8 Å². The SMILES string of the molecule is COc1ccc2cc1CN(C)CCCCC(=O)N(C)CCCN(C)c1ncnc3[nH]c(O)c(c13)C=N2. The summed E-state index contributed by atoms with van der Waals surface area (Å²) in [5, 5.41) is 11.3. The van der Waals surface area contributed by atoms with Crippen molar-refractivity contribution in [3.05, 3.63) is 35.7 Å². The number of aliphatic imine (C=N–C) groups is 1. The number of rotatable bonds is 1. The van der Waals surface area contributed by atoms with E-state index < -0.39 is 0 Å². The molecule has 0 spiro atoms. The Bertz CT molecular complexity index is 1240. The number of nitrogens with one attached hydrogen (secondary N) is 1. The molecule has 192 valence electrons. The number of aromatic nitrogens is 3. The van der Waals surface area contributed by atoms with E-state index in [9.17, 15) is 9.90 Å². The lowest BCUT2D eigenvalue weighted by Crippen LogP contribution is -2.30. The van der Waals surface area contributed by atoms with Crippen molar-refractivity contribution in [3.63, 3.8) is 0 Å². The van der Waals surface area contributed by atoms with Crippen molar-refractivity contribution in [3.8, 4) is 11.6 Å². The van der Waals surface area contributed by atoms with Crippen molar-refractivity contribution >= 4 is 34.7 Å². The summed E-state index contributed by atoms with van der Waals surface area (Å²) in [7, 11) is 7.54. The Kier molecular flexibility index (Phi) is 8.04. The maximum Gasteiger partial charge on any atom is 0.222 e. The highest BCUT2D eigenvalue weighted by Gasteiger charge is 2.18. The summed E-state index contributed by atoms with van der Waals surface area (Å²) in [6, 6.07) is 5.80. The number of benzene rings is 1. The lowest BCUT2D eigenvalue weighted by Gasteiger charge is -2.22. The molecule has 1 aliphatic rings. The monoisotopic (exact) mass is 493 g/mol. The van der Waals surface area contributed by atoms with Crippen LogP contribution in [0.15, 0.2) is 29.5 Å². The van der Waals surface area contributed by atoms with Gasteiger partial charge in [0.25, 0.3) is 0 Å². The van der Waals surface area contributed by atoms with Crippen molar-refractivity contribution < 1.29 is 14.6 Å². The number of methoxy groups -OCH3 is 1. The second-order valence-electron chi connectivity index (χ2n) is 9.35. The minimum Gasteiger partial charge on any atom is -0.496 e. The van der Waals surface area contributed by atoms with Gasteiger partial charge in [-0.3, -0.25) is 9.79 Å². The summed E-state index contributed by atoms with van der Waals surface area (Å²) >= 11 is 0. The fourth-order valence-corrected chi connectivity index (χ4v) is 4.53. The molecule has 3 aromatic rings. The van der Waals surface area contributed by atoms with Gasteiger partial charge < -0.3 is 29.5 Å². The molecular weight excluding hydrogens is 458 g/mol. The lowest BCUT2D eigenvalue weighted by atomic mass is 10.1. The summed E-state index contributed by atoms with van der Waals surface area (Å²) in [6.07, 6.45) is 6.26. The van der Waals surface area contributed by atoms with Gasteiger partial charge in [-0.15, -0.1) is 0 Å². The number of ether oxygens (including phenoxy) is 1. The average Bonchev–Trinajstić information content (AvgIpc) is 3.19. The molecule has 10 heteroatoms. The third-order valence-corrected chi connectivity index (χ3v) is 6.59. The second kappa shape index (κ2) is 11.4. The number of fused-ring (bicyclic) bond motifs is 2. The van der Waals surface area contributed by atoms with Crippen LogP contribution in [0.5, 0.6) is 11.6 Å². The highest BCUT2D eigenvalue weighted by Crippen LogP contribution is 2.32. The first-order valence-corrected chi connectivity index (χ1v) is 12.3. The van der Waals surface area contributed by atoms with Crippen LogP contribution in [0.25, 0.3) is 11.0 Å². The number of nitrogens with zero attached hydrogens (tertiary/aromatic N) is 6. The van der Waals surface area contributed by atoms with Crippen molar-refractivity contribution in [1.29, 1.82) is 0 Å². The Balaban J connectivity index is 1.72. The van der Waals surface area contributed by atoms with Crippen LogP contribution in [0.3, 0.4) is 0 Å². The number of anilines is 1.